The number of nitrogens with one attached hydrogen (secondary N) is 1. The molecule has 2 aromatic carbocycles. The average Bonchev–Trinajstić information content (AvgIpc) is 2.96. The van der Waals surface area contributed by atoms with Crippen molar-refractivity contribution in [2.75, 3.05) is 11.9 Å². The zero-order chi connectivity index (χ0) is 15.5. The van der Waals surface area contributed by atoms with Crippen molar-refractivity contribution in [2.45, 2.75) is 26.2 Å². The highest BCUT2D eigenvalue weighted by molar-refractivity contribution is 6.31. The van der Waals surface area contributed by atoms with Crippen molar-refractivity contribution in [3.63, 3.8) is 0 Å². The second-order valence-corrected chi connectivity index (χ2v) is 6.02. The molecule has 0 saturated carbocycles. The Hall–Kier alpha value is -2.00. The van der Waals surface area contributed by atoms with Crippen LogP contribution in [0.2, 0.25) is 5.02 Å². The fraction of sp³-hybridized carbons (Fsp3) is 0.278. The minimum absolute atomic E-state index is 0.00919. The maximum atomic E-state index is 12.0. The molecule has 2 aromatic rings. The van der Waals surface area contributed by atoms with E-state index in [0.717, 1.165) is 29.8 Å². The fourth-order valence-corrected chi connectivity index (χ4v) is 2.87. The zero-order valence-corrected chi connectivity index (χ0v) is 13.2. The van der Waals surface area contributed by atoms with Gasteiger partial charge < -0.3 is 10.1 Å². The van der Waals surface area contributed by atoms with Crippen molar-refractivity contribution >= 4 is 23.2 Å². The smallest absolute Gasteiger partial charge is 0.262 e. The predicted octanol–water partition coefficient (Wildman–Crippen LogP) is 4.15. The Bertz CT molecular complexity index is 712. The van der Waals surface area contributed by atoms with E-state index >= 15 is 0 Å². The van der Waals surface area contributed by atoms with Gasteiger partial charge in [0.1, 0.15) is 5.75 Å². The van der Waals surface area contributed by atoms with Gasteiger partial charge in [-0.3, -0.25) is 4.79 Å². The largest absolute Gasteiger partial charge is 0.484 e. The minimum atomic E-state index is -0.189. The molecule has 0 heterocycles. The van der Waals surface area contributed by atoms with Gasteiger partial charge in [0.25, 0.3) is 5.91 Å². The van der Waals surface area contributed by atoms with E-state index in [1.165, 1.54) is 17.5 Å². The van der Waals surface area contributed by atoms with Crippen LogP contribution in [0.3, 0.4) is 0 Å². The third-order valence-electron chi connectivity index (χ3n) is 3.91. The lowest BCUT2D eigenvalue weighted by Crippen LogP contribution is -2.20. The summed E-state index contributed by atoms with van der Waals surface area (Å²) in [4.78, 5) is 12.0. The molecule has 0 spiro atoms. The van der Waals surface area contributed by atoms with Crippen LogP contribution < -0.4 is 10.1 Å². The molecule has 0 bridgehead atoms. The molecule has 0 fully saturated rings. The van der Waals surface area contributed by atoms with E-state index in [2.05, 4.69) is 11.4 Å². The van der Waals surface area contributed by atoms with Gasteiger partial charge in [-0.2, -0.15) is 0 Å². The molecule has 0 radical (unpaired) electrons. The van der Waals surface area contributed by atoms with Crippen molar-refractivity contribution in [3.05, 3.63) is 58.1 Å². The minimum Gasteiger partial charge on any atom is -0.484 e. The first-order chi connectivity index (χ1) is 10.6. The van der Waals surface area contributed by atoms with Gasteiger partial charge >= 0.3 is 0 Å². The topological polar surface area (TPSA) is 38.3 Å². The van der Waals surface area contributed by atoms with Gasteiger partial charge in [0.2, 0.25) is 0 Å². The number of halogens is 1. The highest BCUT2D eigenvalue weighted by atomic mass is 35.5. The molecule has 114 valence electrons. The van der Waals surface area contributed by atoms with Crippen molar-refractivity contribution < 1.29 is 9.53 Å². The maximum Gasteiger partial charge on any atom is 0.262 e. The molecule has 0 aromatic heterocycles. The van der Waals surface area contributed by atoms with E-state index in [9.17, 15) is 4.79 Å². The Labute approximate surface area is 135 Å². The monoisotopic (exact) mass is 315 g/mol. The van der Waals surface area contributed by atoms with Gasteiger partial charge in [-0.25, -0.2) is 0 Å². The van der Waals surface area contributed by atoms with Crippen LogP contribution in [0.1, 0.15) is 23.1 Å². The summed E-state index contributed by atoms with van der Waals surface area (Å²) in [6.07, 6.45) is 3.44. The van der Waals surface area contributed by atoms with Gasteiger partial charge in [0.15, 0.2) is 6.61 Å². The number of hydrogen-bond donors (Lipinski definition) is 1. The van der Waals surface area contributed by atoms with Crippen molar-refractivity contribution in [3.8, 4) is 5.75 Å². The molecule has 0 saturated heterocycles. The quantitative estimate of drug-likeness (QED) is 0.920. The molecule has 0 unspecified atom stereocenters. The third-order valence-corrected chi connectivity index (χ3v) is 4.15. The fourth-order valence-electron chi connectivity index (χ4n) is 2.70. The molecule has 22 heavy (non-hydrogen) atoms. The number of rotatable bonds is 4. The average molecular weight is 316 g/mol. The predicted molar refractivity (Wildman–Crippen MR) is 88.8 cm³/mol. The summed E-state index contributed by atoms with van der Waals surface area (Å²) in [6, 6.07) is 11.5. The first-order valence-corrected chi connectivity index (χ1v) is 7.80. The number of ether oxygens (including phenoxy) is 1. The molecule has 1 aliphatic rings. The second-order valence-electron chi connectivity index (χ2n) is 5.58. The number of amides is 1. The standard InChI is InChI=1S/C18H18ClNO2/c1-12-5-7-15(19)10-17(12)20-18(21)11-22-16-8-6-13-3-2-4-14(13)9-16/h5-10H,2-4,11H2,1H3,(H,20,21). The van der Waals surface area contributed by atoms with Crippen LogP contribution in [0.15, 0.2) is 36.4 Å². The van der Waals surface area contributed by atoms with Crippen molar-refractivity contribution in [1.29, 1.82) is 0 Å². The summed E-state index contributed by atoms with van der Waals surface area (Å²) in [7, 11) is 0. The Kier molecular flexibility index (Phi) is 4.34. The molecule has 1 aliphatic carbocycles. The van der Waals surface area contributed by atoms with Crippen LogP contribution >= 0.6 is 11.6 Å². The van der Waals surface area contributed by atoms with Crippen molar-refractivity contribution in [1.82, 2.24) is 0 Å². The summed E-state index contributed by atoms with van der Waals surface area (Å²) in [5.74, 6) is 0.560. The second kappa shape index (κ2) is 6.41. The lowest BCUT2D eigenvalue weighted by Gasteiger charge is -2.11. The summed E-state index contributed by atoms with van der Waals surface area (Å²) in [5.41, 5.74) is 4.42. The van der Waals surface area contributed by atoms with Crippen LogP contribution in [-0.2, 0) is 17.6 Å². The maximum absolute atomic E-state index is 12.0. The van der Waals surface area contributed by atoms with E-state index in [1.807, 2.05) is 25.1 Å². The Morgan fingerprint density at radius 2 is 2.00 bits per heavy atom. The van der Waals surface area contributed by atoms with E-state index < -0.39 is 0 Å². The van der Waals surface area contributed by atoms with Gasteiger partial charge in [0, 0.05) is 10.7 Å². The molecule has 0 atom stereocenters. The summed E-state index contributed by atoms with van der Waals surface area (Å²) in [5, 5.41) is 3.42. The van der Waals surface area contributed by atoms with Gasteiger partial charge in [-0.1, -0.05) is 23.7 Å². The Morgan fingerprint density at radius 1 is 1.18 bits per heavy atom. The number of aryl methyl sites for hydroxylation is 3. The summed E-state index contributed by atoms with van der Waals surface area (Å²) >= 11 is 5.94. The Balaban J connectivity index is 1.59. The number of hydrogen-bond acceptors (Lipinski definition) is 2. The molecule has 3 rings (SSSR count). The van der Waals surface area contributed by atoms with E-state index in [1.54, 1.807) is 12.1 Å². The van der Waals surface area contributed by atoms with Crippen LogP contribution in [0.25, 0.3) is 0 Å². The van der Waals surface area contributed by atoms with E-state index in [0.29, 0.717) is 5.02 Å². The number of carbonyl (C=O) groups excluding carboxylic acids is 1. The number of benzene rings is 2. The lowest BCUT2D eigenvalue weighted by atomic mass is 10.1. The van der Waals surface area contributed by atoms with Gasteiger partial charge in [-0.15, -0.1) is 0 Å². The first kappa shape index (κ1) is 14.9. The number of anilines is 1. The van der Waals surface area contributed by atoms with Crippen molar-refractivity contribution in [2.24, 2.45) is 0 Å². The first-order valence-electron chi connectivity index (χ1n) is 7.42. The van der Waals surface area contributed by atoms with E-state index in [-0.39, 0.29) is 12.5 Å². The molecular formula is C18H18ClNO2. The number of carbonyl (C=O) groups is 1. The zero-order valence-electron chi connectivity index (χ0n) is 12.5. The molecule has 1 N–H and O–H groups in total. The summed E-state index contributed by atoms with van der Waals surface area (Å²) < 4.78 is 5.59. The highest BCUT2D eigenvalue weighted by Crippen LogP contribution is 2.26. The lowest BCUT2D eigenvalue weighted by molar-refractivity contribution is -0.118. The Morgan fingerprint density at radius 3 is 2.86 bits per heavy atom. The SMILES string of the molecule is Cc1ccc(Cl)cc1NC(=O)COc1ccc2c(c1)CCC2. The van der Waals surface area contributed by atoms with Crippen LogP contribution in [-0.4, -0.2) is 12.5 Å². The van der Waals surface area contributed by atoms with Gasteiger partial charge in [-0.05, 0) is 67.1 Å². The van der Waals surface area contributed by atoms with Crippen LogP contribution in [0, 0.1) is 6.92 Å². The third kappa shape index (κ3) is 3.42. The van der Waals surface area contributed by atoms with Crippen LogP contribution in [0.5, 0.6) is 5.75 Å². The molecule has 0 aliphatic heterocycles. The summed E-state index contributed by atoms with van der Waals surface area (Å²) in [6.45, 7) is 1.91. The molecule has 1 amide bonds. The molecule has 3 nitrogen and oxygen atoms in total. The van der Waals surface area contributed by atoms with Crippen LogP contribution in [0.4, 0.5) is 5.69 Å². The highest BCUT2D eigenvalue weighted by Gasteiger charge is 2.12. The van der Waals surface area contributed by atoms with E-state index in [4.69, 9.17) is 16.3 Å². The van der Waals surface area contributed by atoms with Gasteiger partial charge in [0.05, 0.1) is 0 Å². The molecule has 4 heteroatoms. The normalized spacial score (nSPS) is 12.8. The molecular weight excluding hydrogens is 298 g/mol. The number of fused-ring (bicyclic) bond motifs is 1.